The second-order valence-corrected chi connectivity index (χ2v) is 11.9. The molecule has 204 valence electrons. The lowest BCUT2D eigenvalue weighted by molar-refractivity contribution is -0.120. The van der Waals surface area contributed by atoms with Gasteiger partial charge in [0.15, 0.2) is 11.5 Å². The summed E-state index contributed by atoms with van der Waals surface area (Å²) >= 11 is 0. The largest absolute Gasteiger partial charge is 0.492 e. The van der Waals surface area contributed by atoms with Gasteiger partial charge >= 0.3 is 0 Å². The minimum Gasteiger partial charge on any atom is -0.492 e. The first-order valence-corrected chi connectivity index (χ1v) is 14.2. The van der Waals surface area contributed by atoms with Gasteiger partial charge in [-0.25, -0.2) is 9.50 Å². The Hall–Kier alpha value is -3.51. The summed E-state index contributed by atoms with van der Waals surface area (Å²) in [7, 11) is 0. The maximum absolute atomic E-state index is 12.4. The average Bonchev–Trinajstić information content (AvgIpc) is 3.57. The van der Waals surface area contributed by atoms with Crippen molar-refractivity contribution in [2.24, 2.45) is 5.41 Å². The van der Waals surface area contributed by atoms with Gasteiger partial charge in [0.1, 0.15) is 18.1 Å². The maximum atomic E-state index is 12.4. The topological polar surface area (TPSA) is 59.7 Å². The van der Waals surface area contributed by atoms with Crippen molar-refractivity contribution in [3.05, 3.63) is 83.7 Å². The van der Waals surface area contributed by atoms with E-state index in [0.29, 0.717) is 25.0 Å². The molecule has 1 saturated heterocycles. The van der Waals surface area contributed by atoms with Gasteiger partial charge in [-0.1, -0.05) is 57.2 Å². The molecular weight excluding hydrogens is 484 g/mol. The third kappa shape index (κ3) is 7.54. The zero-order chi connectivity index (χ0) is 27.2. The molecule has 1 fully saturated rings. The number of hydrogen-bond acceptors (Lipinski definition) is 5. The predicted octanol–water partition coefficient (Wildman–Crippen LogP) is 6.40. The Morgan fingerprint density at radius 3 is 2.49 bits per heavy atom. The van der Waals surface area contributed by atoms with E-state index in [9.17, 15) is 4.79 Å². The highest BCUT2D eigenvalue weighted by Gasteiger charge is 2.16. The van der Waals surface area contributed by atoms with Crippen LogP contribution < -0.4 is 4.74 Å². The molecule has 39 heavy (non-hydrogen) atoms. The molecular formula is C33H40N4O2. The molecule has 0 saturated carbocycles. The second-order valence-electron chi connectivity index (χ2n) is 11.9. The number of hydrogen-bond donors (Lipinski definition) is 0. The third-order valence-corrected chi connectivity index (χ3v) is 7.21. The summed E-state index contributed by atoms with van der Waals surface area (Å²) in [6, 6.07) is 22.8. The zero-order valence-corrected chi connectivity index (χ0v) is 23.5. The van der Waals surface area contributed by atoms with Crippen LogP contribution in [0.3, 0.4) is 0 Å². The molecule has 0 amide bonds. The molecule has 5 rings (SSSR count). The van der Waals surface area contributed by atoms with Crippen LogP contribution >= 0.6 is 0 Å². The van der Waals surface area contributed by atoms with Gasteiger partial charge in [0, 0.05) is 31.4 Å². The number of carbonyl (C=O) groups is 1. The molecule has 4 aromatic rings. The van der Waals surface area contributed by atoms with Crippen LogP contribution in [-0.4, -0.2) is 51.5 Å². The van der Waals surface area contributed by atoms with E-state index in [4.69, 9.17) is 14.8 Å². The van der Waals surface area contributed by atoms with Crippen LogP contribution in [-0.2, 0) is 17.6 Å². The normalized spacial score (nSPS) is 14.2. The quantitative estimate of drug-likeness (QED) is 0.227. The van der Waals surface area contributed by atoms with E-state index in [1.807, 2.05) is 28.8 Å². The van der Waals surface area contributed by atoms with Gasteiger partial charge in [-0.3, -0.25) is 9.69 Å². The highest BCUT2D eigenvalue weighted by molar-refractivity contribution is 5.79. The lowest BCUT2D eigenvalue weighted by atomic mass is 9.88. The second kappa shape index (κ2) is 12.1. The third-order valence-electron chi connectivity index (χ3n) is 7.21. The van der Waals surface area contributed by atoms with Gasteiger partial charge in [-0.05, 0) is 79.2 Å². The molecule has 2 aromatic heterocycles. The van der Waals surface area contributed by atoms with Crippen molar-refractivity contribution in [3.8, 4) is 17.0 Å². The smallest absolute Gasteiger partial charge is 0.156 e. The standard InChI is InChI=1S/C33H40N4O2/c1-33(2,3)24-28(38)15-12-25-8-6-9-27(22-25)30-10-7-11-32-34-31(35-37(30)32)23-26-13-16-29(17-14-26)39-21-20-36-18-4-5-19-36/h6-11,13-14,16-17,22H,4-5,12,15,18-21,23-24H2,1-3H3. The van der Waals surface area contributed by atoms with E-state index in [2.05, 4.69) is 68.1 Å². The summed E-state index contributed by atoms with van der Waals surface area (Å²) in [5.41, 5.74) is 5.25. The molecule has 0 N–H and O–H groups in total. The molecule has 2 aromatic carbocycles. The highest BCUT2D eigenvalue weighted by atomic mass is 16.5. The number of pyridine rings is 1. The fraction of sp³-hybridized carbons (Fsp3) is 0.424. The fourth-order valence-electron chi connectivity index (χ4n) is 5.28. The van der Waals surface area contributed by atoms with E-state index < -0.39 is 0 Å². The van der Waals surface area contributed by atoms with Crippen LogP contribution in [0.25, 0.3) is 16.9 Å². The molecule has 6 nitrogen and oxygen atoms in total. The lowest BCUT2D eigenvalue weighted by Gasteiger charge is -2.16. The number of fused-ring (bicyclic) bond motifs is 1. The van der Waals surface area contributed by atoms with Crippen molar-refractivity contribution in [1.82, 2.24) is 19.5 Å². The van der Waals surface area contributed by atoms with E-state index in [1.54, 1.807) is 0 Å². The Morgan fingerprint density at radius 2 is 1.72 bits per heavy atom. The summed E-state index contributed by atoms with van der Waals surface area (Å²) in [4.78, 5) is 19.7. The number of ketones is 1. The van der Waals surface area contributed by atoms with Crippen LogP contribution in [0.5, 0.6) is 5.75 Å². The average molecular weight is 525 g/mol. The van der Waals surface area contributed by atoms with E-state index >= 15 is 0 Å². The first-order valence-electron chi connectivity index (χ1n) is 14.2. The number of carbonyl (C=O) groups excluding carboxylic acids is 1. The van der Waals surface area contributed by atoms with Gasteiger partial charge in [0.25, 0.3) is 0 Å². The van der Waals surface area contributed by atoms with Gasteiger partial charge < -0.3 is 4.74 Å². The van der Waals surface area contributed by atoms with Crippen LogP contribution in [0.4, 0.5) is 0 Å². The number of nitrogens with zero attached hydrogens (tertiary/aromatic N) is 4. The van der Waals surface area contributed by atoms with Gasteiger partial charge in [0.05, 0.1) is 5.69 Å². The van der Waals surface area contributed by atoms with E-state index in [-0.39, 0.29) is 5.41 Å². The van der Waals surface area contributed by atoms with Crippen molar-refractivity contribution in [2.45, 2.75) is 59.3 Å². The van der Waals surface area contributed by atoms with Crippen molar-refractivity contribution in [3.63, 3.8) is 0 Å². The van der Waals surface area contributed by atoms with Gasteiger partial charge in [-0.15, -0.1) is 0 Å². The minimum absolute atomic E-state index is 0.0300. The number of ether oxygens (including phenoxy) is 1. The lowest BCUT2D eigenvalue weighted by Crippen LogP contribution is -2.25. The summed E-state index contributed by atoms with van der Waals surface area (Å²) in [5, 5.41) is 4.86. The van der Waals surface area contributed by atoms with Crippen molar-refractivity contribution >= 4 is 11.4 Å². The molecule has 6 heteroatoms. The SMILES string of the molecule is CC(C)(C)CC(=O)CCc1cccc(-c2cccc3nc(Cc4ccc(OCCN5CCCC5)cc4)nn23)c1. The summed E-state index contributed by atoms with van der Waals surface area (Å²) in [5.74, 6) is 2.01. The van der Waals surface area contributed by atoms with Crippen molar-refractivity contribution in [1.29, 1.82) is 0 Å². The number of aromatic nitrogens is 3. The highest BCUT2D eigenvalue weighted by Crippen LogP contribution is 2.24. The van der Waals surface area contributed by atoms with Crippen LogP contribution in [0.15, 0.2) is 66.7 Å². The number of likely N-dealkylation sites (tertiary alicyclic amines) is 1. The van der Waals surface area contributed by atoms with Crippen molar-refractivity contribution < 1.29 is 9.53 Å². The van der Waals surface area contributed by atoms with Gasteiger partial charge in [-0.2, -0.15) is 5.10 Å². The molecule has 0 atom stereocenters. The monoisotopic (exact) mass is 524 g/mol. The number of benzene rings is 2. The Balaban J connectivity index is 1.23. The summed E-state index contributed by atoms with van der Waals surface area (Å²) in [6.45, 7) is 10.4. The molecule has 1 aliphatic rings. The Labute approximate surface area is 232 Å². The number of aryl methyl sites for hydroxylation is 1. The molecule has 0 bridgehead atoms. The molecule has 0 aliphatic carbocycles. The first kappa shape index (κ1) is 27.1. The first-order chi connectivity index (χ1) is 18.8. The maximum Gasteiger partial charge on any atom is 0.156 e. The molecule has 0 radical (unpaired) electrons. The Kier molecular flexibility index (Phi) is 8.41. The van der Waals surface area contributed by atoms with E-state index in [1.165, 1.54) is 25.9 Å². The van der Waals surface area contributed by atoms with Crippen LogP contribution in [0.1, 0.15) is 63.4 Å². The van der Waals surface area contributed by atoms with Crippen LogP contribution in [0, 0.1) is 5.41 Å². The number of rotatable bonds is 11. The molecule has 0 unspecified atom stereocenters. The Bertz CT molecular complexity index is 1400. The van der Waals surface area contributed by atoms with Gasteiger partial charge in [0.2, 0.25) is 0 Å². The van der Waals surface area contributed by atoms with Crippen LogP contribution in [0.2, 0.25) is 0 Å². The molecule has 3 heterocycles. The Morgan fingerprint density at radius 1 is 0.949 bits per heavy atom. The zero-order valence-electron chi connectivity index (χ0n) is 23.5. The number of Topliss-reactive ketones (excluding diaryl/α,β-unsaturated/α-hetero) is 1. The minimum atomic E-state index is 0.0300. The van der Waals surface area contributed by atoms with E-state index in [0.717, 1.165) is 59.2 Å². The molecule has 1 aliphatic heterocycles. The summed E-state index contributed by atoms with van der Waals surface area (Å²) < 4.78 is 7.88. The predicted molar refractivity (Wildman–Crippen MR) is 156 cm³/mol. The fourth-order valence-corrected chi connectivity index (χ4v) is 5.28. The van der Waals surface area contributed by atoms with Crippen molar-refractivity contribution in [2.75, 3.05) is 26.2 Å². The molecule has 0 spiro atoms. The summed E-state index contributed by atoms with van der Waals surface area (Å²) in [6.07, 6.45) is 5.20.